The fourth-order valence-electron chi connectivity index (χ4n) is 1.87. The number of benzene rings is 1. The smallest absolute Gasteiger partial charge is 0.321 e. The summed E-state index contributed by atoms with van der Waals surface area (Å²) in [4.78, 5) is 10.9. The fourth-order valence-corrected chi connectivity index (χ4v) is 3.16. The van der Waals surface area contributed by atoms with Gasteiger partial charge in [-0.3, -0.25) is 4.79 Å². The molecule has 8 heteroatoms. The molecule has 0 bridgehead atoms. The van der Waals surface area contributed by atoms with Gasteiger partial charge in [0.25, 0.3) is 0 Å². The van der Waals surface area contributed by atoms with Gasteiger partial charge in [-0.1, -0.05) is 6.92 Å². The second-order valence-electron chi connectivity index (χ2n) is 4.58. The van der Waals surface area contributed by atoms with Gasteiger partial charge in [0.15, 0.2) is 11.5 Å². The topological polar surface area (TPSA) is 102 Å². The van der Waals surface area contributed by atoms with Crippen molar-refractivity contribution in [1.29, 1.82) is 0 Å². The number of rotatable bonds is 5. The highest BCUT2D eigenvalue weighted by atomic mass is 32.2. The zero-order chi connectivity index (χ0) is 15.5. The maximum Gasteiger partial charge on any atom is 0.321 e. The summed E-state index contributed by atoms with van der Waals surface area (Å²) in [6.07, 6.45) is 0.866. The van der Waals surface area contributed by atoms with Gasteiger partial charge in [0.2, 0.25) is 10.0 Å². The lowest BCUT2D eigenvalue weighted by Crippen LogP contribution is -2.40. The van der Waals surface area contributed by atoms with Gasteiger partial charge in [-0.25, -0.2) is 8.42 Å². The number of carbonyl (C=O) groups is 1. The molecule has 1 atom stereocenters. The van der Waals surface area contributed by atoms with Crippen molar-refractivity contribution in [3.8, 4) is 11.5 Å². The van der Waals surface area contributed by atoms with Crippen LogP contribution in [-0.2, 0) is 14.8 Å². The largest absolute Gasteiger partial charge is 0.490 e. The molecule has 7 nitrogen and oxygen atoms in total. The summed E-state index contributed by atoms with van der Waals surface area (Å²) in [5, 5.41) is 8.94. The predicted octanol–water partition coefficient (Wildman–Crippen LogP) is 0.989. The normalized spacial score (nSPS) is 16.0. The Morgan fingerprint density at radius 1 is 1.33 bits per heavy atom. The van der Waals surface area contributed by atoms with Gasteiger partial charge >= 0.3 is 5.97 Å². The molecule has 2 rings (SSSR count). The van der Waals surface area contributed by atoms with Gasteiger partial charge < -0.3 is 14.6 Å². The average molecular weight is 315 g/mol. The van der Waals surface area contributed by atoms with Crippen molar-refractivity contribution in [1.82, 2.24) is 4.72 Å². The van der Waals surface area contributed by atoms with E-state index in [0.717, 1.165) is 0 Å². The summed E-state index contributed by atoms with van der Waals surface area (Å²) in [6.45, 7) is 2.54. The van der Waals surface area contributed by atoms with Crippen LogP contribution < -0.4 is 14.2 Å². The van der Waals surface area contributed by atoms with Crippen LogP contribution in [0.5, 0.6) is 11.5 Å². The molecule has 1 aliphatic rings. The number of nitrogens with one attached hydrogen (secondary N) is 1. The SMILES string of the molecule is CC[C@@H](NS(=O)(=O)c1ccc2c(c1)OCCCO2)C(=O)O. The van der Waals surface area contributed by atoms with E-state index in [4.69, 9.17) is 14.6 Å². The lowest BCUT2D eigenvalue weighted by Gasteiger charge is -2.14. The van der Waals surface area contributed by atoms with E-state index in [1.165, 1.54) is 18.2 Å². The standard InChI is InChI=1S/C13H17NO6S/c1-2-10(13(15)16)14-21(17,18)9-4-5-11-12(8-9)20-7-3-6-19-11/h4-5,8,10,14H,2-3,6-7H2,1H3,(H,15,16)/t10-/m1/s1. The Morgan fingerprint density at radius 2 is 2.00 bits per heavy atom. The number of hydrogen-bond donors (Lipinski definition) is 2. The Hall–Kier alpha value is -1.80. The third kappa shape index (κ3) is 3.64. The first-order chi connectivity index (χ1) is 9.94. The quantitative estimate of drug-likeness (QED) is 0.840. The Bertz CT molecular complexity index is 628. The van der Waals surface area contributed by atoms with Crippen LogP contribution >= 0.6 is 0 Å². The number of carboxylic acids is 1. The summed E-state index contributed by atoms with van der Waals surface area (Å²) in [7, 11) is -3.93. The van der Waals surface area contributed by atoms with Crippen LogP contribution in [0.15, 0.2) is 23.1 Å². The van der Waals surface area contributed by atoms with Crippen molar-refractivity contribution in [3.63, 3.8) is 0 Å². The van der Waals surface area contributed by atoms with E-state index in [2.05, 4.69) is 4.72 Å². The molecule has 0 saturated carbocycles. The van der Waals surface area contributed by atoms with E-state index in [9.17, 15) is 13.2 Å². The molecule has 0 radical (unpaired) electrons. The first-order valence-electron chi connectivity index (χ1n) is 6.59. The molecule has 0 aliphatic carbocycles. The van der Waals surface area contributed by atoms with Crippen molar-refractivity contribution in [2.45, 2.75) is 30.7 Å². The third-order valence-corrected chi connectivity index (χ3v) is 4.50. The first kappa shape index (κ1) is 15.6. The Balaban J connectivity index is 2.28. The highest BCUT2D eigenvalue weighted by Crippen LogP contribution is 2.31. The number of aliphatic carboxylic acids is 1. The van der Waals surface area contributed by atoms with Crippen molar-refractivity contribution < 1.29 is 27.8 Å². The summed E-state index contributed by atoms with van der Waals surface area (Å²) in [5.74, 6) is -0.383. The van der Waals surface area contributed by atoms with Crippen LogP contribution in [0.2, 0.25) is 0 Å². The van der Waals surface area contributed by atoms with E-state index in [0.29, 0.717) is 31.1 Å². The Morgan fingerprint density at radius 3 is 2.62 bits per heavy atom. The van der Waals surface area contributed by atoms with Crippen molar-refractivity contribution in [2.75, 3.05) is 13.2 Å². The maximum absolute atomic E-state index is 12.2. The molecule has 1 aromatic rings. The lowest BCUT2D eigenvalue weighted by molar-refractivity contribution is -0.139. The van der Waals surface area contributed by atoms with Crippen LogP contribution in [0.3, 0.4) is 0 Å². The molecule has 0 unspecified atom stereocenters. The molecule has 0 spiro atoms. The summed E-state index contributed by atoms with van der Waals surface area (Å²) in [6, 6.07) is 3.06. The van der Waals surface area contributed by atoms with Gasteiger partial charge in [-0.05, 0) is 18.6 Å². The summed E-state index contributed by atoms with van der Waals surface area (Å²) in [5.41, 5.74) is 0. The molecule has 1 heterocycles. The highest BCUT2D eigenvalue weighted by Gasteiger charge is 2.25. The first-order valence-corrected chi connectivity index (χ1v) is 8.07. The van der Waals surface area contributed by atoms with Crippen LogP contribution in [-0.4, -0.2) is 38.7 Å². The van der Waals surface area contributed by atoms with E-state index in [-0.39, 0.29) is 11.3 Å². The molecule has 1 aliphatic heterocycles. The van der Waals surface area contributed by atoms with E-state index >= 15 is 0 Å². The van der Waals surface area contributed by atoms with Gasteiger partial charge in [0.1, 0.15) is 6.04 Å². The van der Waals surface area contributed by atoms with E-state index in [1.807, 2.05) is 0 Å². The molecule has 2 N–H and O–H groups in total. The summed E-state index contributed by atoms with van der Waals surface area (Å²) >= 11 is 0. The van der Waals surface area contributed by atoms with Gasteiger partial charge in [0, 0.05) is 12.5 Å². The molecular weight excluding hydrogens is 298 g/mol. The average Bonchev–Trinajstić information content (AvgIpc) is 2.68. The number of sulfonamides is 1. The zero-order valence-corrected chi connectivity index (χ0v) is 12.4. The molecule has 1 aromatic carbocycles. The van der Waals surface area contributed by atoms with E-state index < -0.39 is 22.0 Å². The van der Waals surface area contributed by atoms with Crippen molar-refractivity contribution in [3.05, 3.63) is 18.2 Å². The Labute approximate surface area is 122 Å². The molecule has 0 saturated heterocycles. The maximum atomic E-state index is 12.2. The summed E-state index contributed by atoms with van der Waals surface area (Å²) < 4.78 is 37.4. The minimum atomic E-state index is -3.93. The van der Waals surface area contributed by atoms with Crippen LogP contribution in [0.25, 0.3) is 0 Å². The second kappa shape index (κ2) is 6.31. The highest BCUT2D eigenvalue weighted by molar-refractivity contribution is 7.89. The minimum Gasteiger partial charge on any atom is -0.490 e. The monoisotopic (exact) mass is 315 g/mol. The number of hydrogen-bond acceptors (Lipinski definition) is 5. The number of ether oxygens (including phenoxy) is 2. The molecule has 0 amide bonds. The van der Waals surface area contributed by atoms with Crippen molar-refractivity contribution in [2.24, 2.45) is 0 Å². The zero-order valence-electron chi connectivity index (χ0n) is 11.5. The van der Waals surface area contributed by atoms with Crippen LogP contribution in [0, 0.1) is 0 Å². The number of carboxylic acid groups (broad SMARTS) is 1. The lowest BCUT2D eigenvalue weighted by atomic mass is 10.2. The number of fused-ring (bicyclic) bond motifs is 1. The third-order valence-electron chi connectivity index (χ3n) is 3.03. The predicted molar refractivity (Wildman–Crippen MR) is 74.1 cm³/mol. The molecule has 116 valence electrons. The second-order valence-corrected chi connectivity index (χ2v) is 6.29. The molecular formula is C13H17NO6S. The molecule has 21 heavy (non-hydrogen) atoms. The van der Waals surface area contributed by atoms with Crippen LogP contribution in [0.1, 0.15) is 19.8 Å². The van der Waals surface area contributed by atoms with Gasteiger partial charge in [-0.15, -0.1) is 0 Å². The fraction of sp³-hybridized carbons (Fsp3) is 0.462. The van der Waals surface area contributed by atoms with Gasteiger partial charge in [-0.2, -0.15) is 4.72 Å². The molecule has 0 aromatic heterocycles. The van der Waals surface area contributed by atoms with Crippen LogP contribution in [0.4, 0.5) is 0 Å². The van der Waals surface area contributed by atoms with E-state index in [1.54, 1.807) is 6.92 Å². The van der Waals surface area contributed by atoms with Crippen molar-refractivity contribution >= 4 is 16.0 Å². The molecule has 0 fully saturated rings. The Kier molecular flexibility index (Phi) is 4.69. The minimum absolute atomic E-state index is 0.0496. The van der Waals surface area contributed by atoms with Gasteiger partial charge in [0.05, 0.1) is 18.1 Å².